The van der Waals surface area contributed by atoms with Crippen LogP contribution in [0.4, 0.5) is 4.79 Å². The van der Waals surface area contributed by atoms with Crippen LogP contribution in [0, 0.1) is 0 Å². The highest BCUT2D eigenvalue weighted by Gasteiger charge is 2.45. The summed E-state index contributed by atoms with van der Waals surface area (Å²) in [6, 6.07) is 3.47. The van der Waals surface area contributed by atoms with Gasteiger partial charge >= 0.3 is 6.09 Å². The van der Waals surface area contributed by atoms with Crippen LogP contribution in [0.25, 0.3) is 0 Å². The number of rotatable bonds is 4. The van der Waals surface area contributed by atoms with Gasteiger partial charge in [0.05, 0.1) is 6.10 Å². The topological polar surface area (TPSA) is 60.9 Å². The minimum Gasteiger partial charge on any atom is -0.447 e. The van der Waals surface area contributed by atoms with Crippen LogP contribution in [0.2, 0.25) is 0 Å². The molecule has 0 spiro atoms. The number of likely N-dealkylation sites (tertiary alicyclic amines) is 1. The summed E-state index contributed by atoms with van der Waals surface area (Å²) in [4.78, 5) is 17.8. The van der Waals surface area contributed by atoms with Crippen molar-refractivity contribution in [2.45, 2.75) is 45.1 Å². The number of carbonyl (C=O) groups excluding carboxylic acids is 1. The summed E-state index contributed by atoms with van der Waals surface area (Å²) in [5, 5.41) is 0. The Balaban J connectivity index is 2.21. The summed E-state index contributed by atoms with van der Waals surface area (Å²) in [5.41, 5.74) is 0. The van der Waals surface area contributed by atoms with E-state index >= 15 is 0 Å². The molecule has 21 heavy (non-hydrogen) atoms. The van der Waals surface area contributed by atoms with Crippen molar-refractivity contribution in [1.82, 2.24) is 9.88 Å². The van der Waals surface area contributed by atoms with Crippen LogP contribution >= 0.6 is 0 Å². The Morgan fingerprint density at radius 1 is 1.33 bits per heavy atom. The Morgan fingerprint density at radius 3 is 2.67 bits per heavy atom. The number of ether oxygens (including phenoxy) is 3. The quantitative estimate of drug-likeness (QED) is 0.799. The summed E-state index contributed by atoms with van der Waals surface area (Å²) in [6.45, 7) is 4.19. The van der Waals surface area contributed by atoms with Crippen molar-refractivity contribution in [2.24, 2.45) is 0 Å². The molecule has 0 bridgehead atoms. The second kappa shape index (κ2) is 6.76. The Hall–Kier alpha value is -1.82. The lowest BCUT2D eigenvalue weighted by atomic mass is 10.1. The standard InChI is InChI=1S/C15H22N2O4/c1-12(2)20-14(18)17-11-5-4-8-15(17,19-3)21-13-6-9-16-10-7-13/h6-7,9-10,12H,4-5,8,11H2,1-3H3. The van der Waals surface area contributed by atoms with Crippen LogP contribution in [0.5, 0.6) is 5.75 Å². The molecule has 1 atom stereocenters. The number of carbonyl (C=O) groups is 1. The average molecular weight is 294 g/mol. The van der Waals surface area contributed by atoms with E-state index in [1.165, 1.54) is 4.90 Å². The van der Waals surface area contributed by atoms with Gasteiger partial charge in [0.2, 0.25) is 0 Å². The fraction of sp³-hybridized carbons (Fsp3) is 0.600. The SMILES string of the molecule is COC1(Oc2ccncc2)CCCCN1C(=O)OC(C)C. The number of aromatic nitrogens is 1. The van der Waals surface area contributed by atoms with Crippen molar-refractivity contribution in [2.75, 3.05) is 13.7 Å². The smallest absolute Gasteiger partial charge is 0.415 e. The lowest BCUT2D eigenvalue weighted by molar-refractivity contribution is -0.263. The summed E-state index contributed by atoms with van der Waals surface area (Å²) < 4.78 is 16.8. The van der Waals surface area contributed by atoms with E-state index in [-0.39, 0.29) is 6.10 Å². The van der Waals surface area contributed by atoms with Gasteiger partial charge in [-0.2, -0.15) is 0 Å². The van der Waals surface area contributed by atoms with E-state index in [9.17, 15) is 4.79 Å². The molecule has 2 rings (SSSR count). The Bertz CT molecular complexity index is 466. The third-order valence-electron chi connectivity index (χ3n) is 3.34. The van der Waals surface area contributed by atoms with Gasteiger partial charge in [0.25, 0.3) is 5.91 Å². The summed E-state index contributed by atoms with van der Waals surface area (Å²) in [5.74, 6) is -0.512. The number of amides is 1. The van der Waals surface area contributed by atoms with E-state index in [2.05, 4.69) is 4.98 Å². The molecule has 116 valence electrons. The molecule has 6 heteroatoms. The second-order valence-corrected chi connectivity index (χ2v) is 5.24. The molecule has 2 heterocycles. The van der Waals surface area contributed by atoms with E-state index in [4.69, 9.17) is 14.2 Å². The molecular formula is C15H22N2O4. The number of piperidine rings is 1. The minimum atomic E-state index is -1.12. The molecule has 1 aromatic rings. The van der Waals surface area contributed by atoms with Crippen LogP contribution in [0.3, 0.4) is 0 Å². The van der Waals surface area contributed by atoms with Gasteiger partial charge in [-0.05, 0) is 38.8 Å². The van der Waals surface area contributed by atoms with E-state index in [1.54, 1.807) is 31.6 Å². The van der Waals surface area contributed by atoms with Gasteiger partial charge in [-0.3, -0.25) is 4.98 Å². The largest absolute Gasteiger partial charge is 0.447 e. The Kier molecular flexibility index (Phi) is 5.01. The fourth-order valence-electron chi connectivity index (χ4n) is 2.37. The number of hydrogen-bond donors (Lipinski definition) is 0. The molecule has 0 aromatic carbocycles. The number of hydrogen-bond acceptors (Lipinski definition) is 5. The maximum absolute atomic E-state index is 12.3. The van der Waals surface area contributed by atoms with E-state index < -0.39 is 12.0 Å². The van der Waals surface area contributed by atoms with E-state index in [0.29, 0.717) is 18.7 Å². The molecule has 1 aromatic heterocycles. The number of methoxy groups -OCH3 is 1. The van der Waals surface area contributed by atoms with Crippen LogP contribution in [-0.2, 0) is 9.47 Å². The van der Waals surface area contributed by atoms with Gasteiger partial charge in [0, 0.05) is 32.5 Å². The van der Waals surface area contributed by atoms with Crippen LogP contribution in [-0.4, -0.2) is 41.6 Å². The van der Waals surface area contributed by atoms with Crippen LogP contribution in [0.15, 0.2) is 24.5 Å². The van der Waals surface area contributed by atoms with Gasteiger partial charge in [-0.15, -0.1) is 0 Å². The zero-order chi connectivity index (χ0) is 15.3. The third kappa shape index (κ3) is 3.64. The zero-order valence-corrected chi connectivity index (χ0v) is 12.7. The molecule has 1 saturated heterocycles. The van der Waals surface area contributed by atoms with Crippen molar-refractivity contribution in [1.29, 1.82) is 0 Å². The van der Waals surface area contributed by atoms with Crippen LogP contribution < -0.4 is 4.74 Å². The van der Waals surface area contributed by atoms with Gasteiger partial charge in [0.15, 0.2) is 0 Å². The predicted octanol–water partition coefficient (Wildman–Crippen LogP) is 2.79. The maximum Gasteiger partial charge on any atom is 0.415 e. The van der Waals surface area contributed by atoms with Gasteiger partial charge in [-0.1, -0.05) is 0 Å². The third-order valence-corrected chi connectivity index (χ3v) is 3.34. The van der Waals surface area contributed by atoms with Gasteiger partial charge < -0.3 is 14.2 Å². The predicted molar refractivity (Wildman–Crippen MR) is 76.8 cm³/mol. The van der Waals surface area contributed by atoms with Gasteiger partial charge in [-0.25, -0.2) is 9.69 Å². The first-order valence-electron chi connectivity index (χ1n) is 7.20. The molecule has 1 unspecified atom stereocenters. The maximum atomic E-state index is 12.3. The van der Waals surface area contributed by atoms with E-state index in [1.807, 2.05) is 13.8 Å². The monoisotopic (exact) mass is 294 g/mol. The van der Waals surface area contributed by atoms with Crippen molar-refractivity contribution in [3.63, 3.8) is 0 Å². The van der Waals surface area contributed by atoms with Crippen molar-refractivity contribution in [3.8, 4) is 5.75 Å². The van der Waals surface area contributed by atoms with Crippen molar-refractivity contribution in [3.05, 3.63) is 24.5 Å². The summed E-state index contributed by atoms with van der Waals surface area (Å²) in [6.07, 6.45) is 5.09. The summed E-state index contributed by atoms with van der Waals surface area (Å²) >= 11 is 0. The molecular weight excluding hydrogens is 272 g/mol. The van der Waals surface area contributed by atoms with Gasteiger partial charge in [0.1, 0.15) is 5.75 Å². The molecule has 0 radical (unpaired) electrons. The number of pyridine rings is 1. The Labute approximate surface area is 125 Å². The highest BCUT2D eigenvalue weighted by molar-refractivity contribution is 5.68. The lowest BCUT2D eigenvalue weighted by Crippen LogP contribution is -2.59. The molecule has 0 aliphatic carbocycles. The molecule has 1 aliphatic heterocycles. The molecule has 1 fully saturated rings. The first kappa shape index (κ1) is 15.6. The molecule has 1 amide bonds. The average Bonchev–Trinajstić information content (AvgIpc) is 2.48. The van der Waals surface area contributed by atoms with E-state index in [0.717, 1.165) is 12.8 Å². The normalized spacial score (nSPS) is 22.2. The van der Waals surface area contributed by atoms with Crippen molar-refractivity contribution < 1.29 is 19.0 Å². The molecule has 1 aliphatic rings. The lowest BCUT2D eigenvalue weighted by Gasteiger charge is -2.44. The number of nitrogens with zero attached hydrogens (tertiary/aromatic N) is 2. The van der Waals surface area contributed by atoms with Crippen molar-refractivity contribution >= 4 is 6.09 Å². The zero-order valence-electron chi connectivity index (χ0n) is 12.7. The summed E-state index contributed by atoms with van der Waals surface area (Å²) in [7, 11) is 1.54. The Morgan fingerprint density at radius 2 is 2.05 bits per heavy atom. The second-order valence-electron chi connectivity index (χ2n) is 5.24. The molecule has 0 saturated carbocycles. The highest BCUT2D eigenvalue weighted by Crippen LogP contribution is 2.32. The first-order valence-corrected chi connectivity index (χ1v) is 7.20. The molecule has 0 N–H and O–H groups in total. The minimum absolute atomic E-state index is 0.185. The highest BCUT2D eigenvalue weighted by atomic mass is 16.7. The molecule has 6 nitrogen and oxygen atoms in total. The first-order chi connectivity index (χ1) is 10.1. The fourth-order valence-corrected chi connectivity index (χ4v) is 2.37. The van der Waals surface area contributed by atoms with Crippen LogP contribution in [0.1, 0.15) is 33.1 Å².